The minimum Gasteiger partial charge on any atom is -0.469 e. The number of ether oxygens (including phenoxy) is 1. The Morgan fingerprint density at radius 3 is 2.53 bits per heavy atom. The first kappa shape index (κ1) is 13.5. The van der Waals surface area contributed by atoms with Crippen molar-refractivity contribution < 1.29 is 14.5 Å². The number of rotatable bonds is 3. The number of esters is 1. The molecule has 2 atom stereocenters. The smallest absolute Gasteiger partial charge is 0.310 e. The highest BCUT2D eigenvalue weighted by molar-refractivity contribution is 5.74. The van der Waals surface area contributed by atoms with Gasteiger partial charge in [-0.05, 0) is 12.6 Å². The van der Waals surface area contributed by atoms with Gasteiger partial charge in [0.2, 0.25) is 0 Å². The zero-order chi connectivity index (χ0) is 14.0. The Bertz CT molecular complexity index is 486. The molecule has 0 bridgehead atoms. The van der Waals surface area contributed by atoms with E-state index in [1.807, 2.05) is 7.05 Å². The van der Waals surface area contributed by atoms with Gasteiger partial charge in [-0.15, -0.1) is 0 Å². The molecule has 1 heterocycles. The van der Waals surface area contributed by atoms with Crippen molar-refractivity contribution in [1.29, 1.82) is 0 Å². The van der Waals surface area contributed by atoms with Crippen molar-refractivity contribution in [3.63, 3.8) is 0 Å². The van der Waals surface area contributed by atoms with Crippen LogP contribution in [0.15, 0.2) is 24.3 Å². The Kier molecular flexibility index (Phi) is 3.80. The summed E-state index contributed by atoms with van der Waals surface area (Å²) in [4.78, 5) is 24.0. The third kappa shape index (κ3) is 2.73. The Hall–Kier alpha value is -1.95. The van der Waals surface area contributed by atoms with Crippen LogP contribution in [0, 0.1) is 16.0 Å². The van der Waals surface area contributed by atoms with Crippen molar-refractivity contribution in [3.8, 4) is 0 Å². The molecule has 2 rings (SSSR count). The molecule has 0 unspecified atom stereocenters. The SMILES string of the molecule is COC(=O)[C@@H]1CN(C)C[C@@H]1c1ccc([N+](=O)[O-])cc1. The van der Waals surface area contributed by atoms with Crippen LogP contribution in [0.5, 0.6) is 0 Å². The van der Waals surface area contributed by atoms with Gasteiger partial charge in [-0.25, -0.2) is 0 Å². The number of nitrogens with zero attached hydrogens (tertiary/aromatic N) is 2. The first-order chi connectivity index (χ1) is 9.02. The second kappa shape index (κ2) is 5.36. The molecule has 0 N–H and O–H groups in total. The lowest BCUT2D eigenvalue weighted by Crippen LogP contribution is -2.23. The third-order valence-electron chi connectivity index (χ3n) is 3.54. The number of nitro groups is 1. The fraction of sp³-hybridized carbons (Fsp3) is 0.462. The van der Waals surface area contributed by atoms with E-state index in [0.717, 1.165) is 12.1 Å². The van der Waals surface area contributed by atoms with Gasteiger partial charge in [-0.2, -0.15) is 0 Å². The van der Waals surface area contributed by atoms with Gasteiger partial charge in [0.05, 0.1) is 18.0 Å². The Morgan fingerprint density at radius 2 is 2.00 bits per heavy atom. The second-order valence-electron chi connectivity index (χ2n) is 4.81. The van der Waals surface area contributed by atoms with Crippen LogP contribution in [-0.4, -0.2) is 43.0 Å². The minimum absolute atomic E-state index is 0.0262. The zero-order valence-electron chi connectivity index (χ0n) is 10.9. The number of carbonyl (C=O) groups is 1. The van der Waals surface area contributed by atoms with Crippen LogP contribution in [0.25, 0.3) is 0 Å². The van der Waals surface area contributed by atoms with Crippen LogP contribution >= 0.6 is 0 Å². The molecule has 0 aliphatic carbocycles. The number of non-ortho nitro benzene ring substituents is 1. The van der Waals surface area contributed by atoms with E-state index < -0.39 is 4.92 Å². The molecule has 0 saturated carbocycles. The molecule has 0 spiro atoms. The zero-order valence-corrected chi connectivity index (χ0v) is 10.9. The number of nitro benzene ring substituents is 1. The van der Waals surface area contributed by atoms with Crippen molar-refractivity contribution in [2.24, 2.45) is 5.92 Å². The predicted molar refractivity (Wildman–Crippen MR) is 68.8 cm³/mol. The van der Waals surface area contributed by atoms with Gasteiger partial charge in [-0.1, -0.05) is 12.1 Å². The quantitative estimate of drug-likeness (QED) is 0.469. The normalized spacial score (nSPS) is 23.3. The fourth-order valence-corrected chi connectivity index (χ4v) is 2.57. The second-order valence-corrected chi connectivity index (χ2v) is 4.81. The van der Waals surface area contributed by atoms with E-state index in [1.165, 1.54) is 19.2 Å². The van der Waals surface area contributed by atoms with Gasteiger partial charge in [0.25, 0.3) is 5.69 Å². The minimum atomic E-state index is -0.428. The Morgan fingerprint density at radius 1 is 1.37 bits per heavy atom. The number of hydrogen-bond acceptors (Lipinski definition) is 5. The molecule has 19 heavy (non-hydrogen) atoms. The van der Waals surface area contributed by atoms with Crippen LogP contribution in [0.2, 0.25) is 0 Å². The maximum absolute atomic E-state index is 11.8. The van der Waals surface area contributed by atoms with Crippen molar-refractivity contribution in [2.45, 2.75) is 5.92 Å². The van der Waals surface area contributed by atoms with E-state index >= 15 is 0 Å². The van der Waals surface area contributed by atoms with Crippen molar-refractivity contribution in [1.82, 2.24) is 4.90 Å². The molecule has 6 heteroatoms. The number of benzene rings is 1. The maximum Gasteiger partial charge on any atom is 0.310 e. The molecule has 0 radical (unpaired) electrons. The Labute approximate surface area is 111 Å². The van der Waals surface area contributed by atoms with Gasteiger partial charge < -0.3 is 9.64 Å². The molecule has 102 valence electrons. The summed E-state index contributed by atoms with van der Waals surface area (Å²) in [6, 6.07) is 6.39. The lowest BCUT2D eigenvalue weighted by Gasteiger charge is -2.16. The molecule has 1 saturated heterocycles. The molecule has 1 aliphatic heterocycles. The van der Waals surface area contributed by atoms with E-state index in [2.05, 4.69) is 4.90 Å². The fourth-order valence-electron chi connectivity index (χ4n) is 2.57. The molecular formula is C13H16N2O4. The highest BCUT2D eigenvalue weighted by Crippen LogP contribution is 2.33. The number of hydrogen-bond donors (Lipinski definition) is 0. The summed E-state index contributed by atoms with van der Waals surface area (Å²) in [6.45, 7) is 1.39. The van der Waals surface area contributed by atoms with E-state index in [1.54, 1.807) is 12.1 Å². The van der Waals surface area contributed by atoms with Crippen molar-refractivity contribution in [3.05, 3.63) is 39.9 Å². The summed E-state index contributed by atoms with van der Waals surface area (Å²) >= 11 is 0. The summed E-state index contributed by atoms with van der Waals surface area (Å²) in [5, 5.41) is 10.6. The molecule has 0 amide bonds. The number of methoxy groups -OCH3 is 1. The largest absolute Gasteiger partial charge is 0.469 e. The van der Waals surface area contributed by atoms with Gasteiger partial charge in [0, 0.05) is 31.1 Å². The highest BCUT2D eigenvalue weighted by atomic mass is 16.6. The molecule has 0 aromatic heterocycles. The van der Waals surface area contributed by atoms with Crippen LogP contribution in [0.1, 0.15) is 11.5 Å². The van der Waals surface area contributed by atoms with Crippen LogP contribution in [0.4, 0.5) is 5.69 Å². The van der Waals surface area contributed by atoms with Gasteiger partial charge in [0.15, 0.2) is 0 Å². The van der Waals surface area contributed by atoms with Gasteiger partial charge in [-0.3, -0.25) is 14.9 Å². The molecule has 1 aromatic rings. The average Bonchev–Trinajstić information content (AvgIpc) is 2.80. The summed E-state index contributed by atoms with van der Waals surface area (Å²) in [7, 11) is 3.33. The monoisotopic (exact) mass is 264 g/mol. The van der Waals surface area contributed by atoms with Crippen molar-refractivity contribution >= 4 is 11.7 Å². The third-order valence-corrected chi connectivity index (χ3v) is 3.54. The lowest BCUT2D eigenvalue weighted by atomic mass is 9.89. The van der Waals surface area contributed by atoms with E-state index in [4.69, 9.17) is 4.74 Å². The standard InChI is InChI=1S/C13H16N2O4/c1-14-7-11(12(8-14)13(16)19-2)9-3-5-10(6-4-9)15(17)18/h3-6,11-12H,7-8H2,1-2H3/t11-,12-/m1/s1. The lowest BCUT2D eigenvalue weighted by molar-refractivity contribution is -0.384. The molecule has 1 fully saturated rings. The first-order valence-corrected chi connectivity index (χ1v) is 6.03. The van der Waals surface area contributed by atoms with Gasteiger partial charge in [0.1, 0.15) is 0 Å². The molecule has 1 aromatic carbocycles. The van der Waals surface area contributed by atoms with Crippen molar-refractivity contribution in [2.75, 3.05) is 27.2 Å². The highest BCUT2D eigenvalue weighted by Gasteiger charge is 2.37. The van der Waals surface area contributed by atoms with Crippen LogP contribution in [0.3, 0.4) is 0 Å². The summed E-state index contributed by atoms with van der Waals surface area (Å²) < 4.78 is 4.82. The van der Waals surface area contributed by atoms with E-state index in [0.29, 0.717) is 6.54 Å². The molecule has 6 nitrogen and oxygen atoms in total. The molecule has 1 aliphatic rings. The number of likely N-dealkylation sites (tertiary alicyclic amines) is 1. The molecular weight excluding hydrogens is 248 g/mol. The maximum atomic E-state index is 11.8. The van der Waals surface area contributed by atoms with E-state index in [9.17, 15) is 14.9 Å². The van der Waals surface area contributed by atoms with Crippen LogP contribution in [-0.2, 0) is 9.53 Å². The summed E-state index contributed by atoms with van der Waals surface area (Å²) in [5.74, 6) is -0.414. The van der Waals surface area contributed by atoms with Crippen LogP contribution < -0.4 is 0 Å². The summed E-state index contributed by atoms with van der Waals surface area (Å²) in [5.41, 5.74) is 0.995. The first-order valence-electron chi connectivity index (χ1n) is 6.03. The number of likely N-dealkylation sites (N-methyl/N-ethyl adjacent to an activating group) is 1. The van der Waals surface area contributed by atoms with E-state index in [-0.39, 0.29) is 23.5 Å². The Balaban J connectivity index is 2.23. The van der Waals surface area contributed by atoms with Gasteiger partial charge >= 0.3 is 5.97 Å². The topological polar surface area (TPSA) is 72.7 Å². The number of carbonyl (C=O) groups excluding carboxylic acids is 1. The average molecular weight is 264 g/mol. The predicted octanol–water partition coefficient (Wildman–Crippen LogP) is 1.41. The summed E-state index contributed by atoms with van der Waals surface area (Å²) in [6.07, 6.45) is 0.